The van der Waals surface area contributed by atoms with E-state index in [1.54, 1.807) is 12.1 Å². The van der Waals surface area contributed by atoms with Gasteiger partial charge in [0.1, 0.15) is 47.5 Å². The van der Waals surface area contributed by atoms with Crippen molar-refractivity contribution >= 4 is 27.5 Å². The van der Waals surface area contributed by atoms with Gasteiger partial charge in [0.2, 0.25) is 5.88 Å². The number of fused-ring (bicyclic) bond motifs is 7. The zero-order chi connectivity index (χ0) is 30.4. The minimum absolute atomic E-state index is 0.0187. The van der Waals surface area contributed by atoms with Crippen molar-refractivity contribution < 1.29 is 23.4 Å². The van der Waals surface area contributed by atoms with Gasteiger partial charge in [-0.2, -0.15) is 9.97 Å². The number of aryl methyl sites for hydroxylation is 1. The summed E-state index contributed by atoms with van der Waals surface area (Å²) in [6.45, 7) is 4.63. The first kappa shape index (κ1) is 27.5. The molecule has 2 N–H and O–H groups in total. The number of benzene rings is 2. The van der Waals surface area contributed by atoms with Crippen LogP contribution in [-0.2, 0) is 6.42 Å². The van der Waals surface area contributed by atoms with Crippen LogP contribution < -0.4 is 19.7 Å². The van der Waals surface area contributed by atoms with Crippen molar-refractivity contribution in [2.45, 2.75) is 75.3 Å². The van der Waals surface area contributed by atoms with E-state index in [0.717, 1.165) is 55.0 Å². The summed E-state index contributed by atoms with van der Waals surface area (Å²) in [5.41, 5.74) is 1.24. The summed E-state index contributed by atoms with van der Waals surface area (Å²) in [6.07, 6.45) is 4.18. The third-order valence-electron chi connectivity index (χ3n) is 10.8. The Kier molecular flexibility index (Phi) is 6.16. The molecule has 0 amide bonds. The number of pyridine rings is 1. The van der Waals surface area contributed by atoms with Gasteiger partial charge in [-0.3, -0.25) is 4.90 Å². The van der Waals surface area contributed by atoms with E-state index in [1.165, 1.54) is 0 Å². The summed E-state index contributed by atoms with van der Waals surface area (Å²) < 4.78 is 44.3. The van der Waals surface area contributed by atoms with Gasteiger partial charge >= 0.3 is 6.01 Å². The third-order valence-corrected chi connectivity index (χ3v) is 10.8. The van der Waals surface area contributed by atoms with Crippen molar-refractivity contribution in [2.75, 3.05) is 37.7 Å². The van der Waals surface area contributed by atoms with E-state index >= 15 is 4.39 Å². The Hall–Kier alpha value is -3.83. The van der Waals surface area contributed by atoms with Gasteiger partial charge < -0.3 is 24.8 Å². The van der Waals surface area contributed by atoms with Gasteiger partial charge in [-0.15, -0.1) is 0 Å². The maximum absolute atomic E-state index is 17.0. The second kappa shape index (κ2) is 10.1. The van der Waals surface area contributed by atoms with Crippen LogP contribution in [0.15, 0.2) is 30.3 Å². The topological polar surface area (TPSA) is 95.9 Å². The zero-order valence-electron chi connectivity index (χ0n) is 25.2. The normalized spacial score (nSPS) is 28.7. The molecule has 5 aliphatic rings. The Morgan fingerprint density at radius 3 is 2.96 bits per heavy atom. The molecule has 0 radical (unpaired) electrons. The largest absolute Gasteiger partial charge is 0.508 e. The minimum Gasteiger partial charge on any atom is -0.508 e. The number of hydrogen-bond donors (Lipinski definition) is 2. The Labute approximate surface area is 259 Å². The molecule has 11 heteroatoms. The van der Waals surface area contributed by atoms with Gasteiger partial charge in [0.25, 0.3) is 0 Å². The number of nitrogens with zero attached hydrogens (tertiary/aromatic N) is 5. The number of nitrogens with one attached hydrogen (secondary N) is 1. The lowest BCUT2D eigenvalue weighted by atomic mass is 9.95. The van der Waals surface area contributed by atoms with Crippen molar-refractivity contribution in [1.82, 2.24) is 25.2 Å². The van der Waals surface area contributed by atoms with Crippen LogP contribution in [0.25, 0.3) is 32.9 Å². The van der Waals surface area contributed by atoms with Crippen LogP contribution in [0.1, 0.15) is 44.6 Å². The number of phenolic OH excluding ortho intramolecular Hbond substituents is 1. The van der Waals surface area contributed by atoms with Gasteiger partial charge in [0.15, 0.2) is 5.82 Å². The van der Waals surface area contributed by atoms with E-state index in [1.807, 2.05) is 25.1 Å². The number of alkyl halides is 1. The zero-order valence-corrected chi connectivity index (χ0v) is 25.2. The predicted octanol–water partition coefficient (Wildman–Crippen LogP) is 4.91. The van der Waals surface area contributed by atoms with E-state index in [-0.39, 0.29) is 47.5 Å². The van der Waals surface area contributed by atoms with Gasteiger partial charge in [0, 0.05) is 37.2 Å². The fourth-order valence-electron chi connectivity index (χ4n) is 8.78. The van der Waals surface area contributed by atoms with Crippen LogP contribution >= 0.6 is 0 Å². The highest BCUT2D eigenvalue weighted by molar-refractivity contribution is 6.03. The quantitative estimate of drug-likeness (QED) is 0.325. The molecule has 4 fully saturated rings. The standard InChI is InChI=1S/C34H36F2N6O3/c1-2-18-5-3-6-19-11-22(43)12-23(26(18)19)29-28(36)30-27-31(42-15-21-7-8-24(37-21)25(42)16-44-32(27)38-29)40-33(39-30)45-17-34-9-4-10-41(34)14-20(35)13-34/h3,5-6,11-12,20-21,24-25,37,43H,2,4,7-10,13-17H2,1H3/t20-,21+,24-,25+,34-/m0/s1. The molecule has 9 rings (SSSR count). The summed E-state index contributed by atoms with van der Waals surface area (Å²) in [7, 11) is 0. The highest BCUT2D eigenvalue weighted by Gasteiger charge is 2.50. The molecule has 2 aromatic carbocycles. The highest BCUT2D eigenvalue weighted by Crippen LogP contribution is 2.45. The summed E-state index contributed by atoms with van der Waals surface area (Å²) in [5.74, 6) is 0.240. The number of aromatic nitrogens is 3. The second-order valence-electron chi connectivity index (χ2n) is 13.4. The van der Waals surface area contributed by atoms with E-state index < -0.39 is 17.5 Å². The summed E-state index contributed by atoms with van der Waals surface area (Å²) in [6, 6.07) is 9.68. The van der Waals surface area contributed by atoms with Crippen molar-refractivity contribution in [3.8, 4) is 28.9 Å². The van der Waals surface area contributed by atoms with E-state index in [4.69, 9.17) is 19.4 Å². The Morgan fingerprint density at radius 2 is 2.07 bits per heavy atom. The average Bonchev–Trinajstić information content (AvgIpc) is 3.67. The second-order valence-corrected chi connectivity index (χ2v) is 13.4. The number of piperazine rings is 1. The van der Waals surface area contributed by atoms with Crippen LogP contribution in [0.4, 0.5) is 14.6 Å². The predicted molar refractivity (Wildman–Crippen MR) is 166 cm³/mol. The van der Waals surface area contributed by atoms with Crippen molar-refractivity contribution in [2.24, 2.45) is 0 Å². The molecular weight excluding hydrogens is 578 g/mol. The molecule has 5 aliphatic heterocycles. The average molecular weight is 615 g/mol. The van der Waals surface area contributed by atoms with Gasteiger partial charge in [-0.05, 0) is 67.1 Å². The Morgan fingerprint density at radius 1 is 1.16 bits per heavy atom. The number of ether oxygens (including phenoxy) is 2. The SMILES string of the molecule is CCc1cccc2cc(O)cc(-c3nc4c5c(nc(OC[C@@]67CCCN6C[C@@H](F)C7)nc5c3F)N3C[C@H]5CC[C@H](N5)[C@H]3CO4)c12. The van der Waals surface area contributed by atoms with Crippen LogP contribution in [0, 0.1) is 5.82 Å². The molecule has 4 saturated heterocycles. The van der Waals surface area contributed by atoms with Crippen LogP contribution in [-0.4, -0.2) is 87.6 Å². The number of rotatable bonds is 5. The number of hydrogen-bond acceptors (Lipinski definition) is 9. The van der Waals surface area contributed by atoms with Crippen molar-refractivity contribution in [3.05, 3.63) is 41.7 Å². The minimum atomic E-state index is -0.885. The lowest BCUT2D eigenvalue weighted by Gasteiger charge is -2.40. The van der Waals surface area contributed by atoms with E-state index in [0.29, 0.717) is 48.9 Å². The molecule has 2 aromatic heterocycles. The monoisotopic (exact) mass is 614 g/mol. The fraction of sp³-hybridized carbons (Fsp3) is 0.500. The smallest absolute Gasteiger partial charge is 0.319 e. The molecule has 0 spiro atoms. The lowest BCUT2D eigenvalue weighted by molar-refractivity contribution is 0.107. The van der Waals surface area contributed by atoms with Gasteiger partial charge in [-0.1, -0.05) is 25.1 Å². The third kappa shape index (κ3) is 4.19. The molecular formula is C34H36F2N6O3. The summed E-state index contributed by atoms with van der Waals surface area (Å²) in [5, 5.41) is 16.5. The maximum atomic E-state index is 17.0. The number of phenols is 1. The first-order valence-corrected chi connectivity index (χ1v) is 16.2. The molecule has 234 valence electrons. The molecule has 45 heavy (non-hydrogen) atoms. The highest BCUT2D eigenvalue weighted by atomic mass is 19.1. The molecule has 9 nitrogen and oxygen atoms in total. The van der Waals surface area contributed by atoms with Crippen molar-refractivity contribution in [1.29, 1.82) is 0 Å². The number of aromatic hydroxyl groups is 1. The molecule has 2 bridgehead atoms. The molecule has 0 aliphatic carbocycles. The molecule has 4 aromatic rings. The maximum Gasteiger partial charge on any atom is 0.319 e. The lowest BCUT2D eigenvalue weighted by Crippen LogP contribution is -2.60. The summed E-state index contributed by atoms with van der Waals surface area (Å²) in [4.78, 5) is 18.8. The van der Waals surface area contributed by atoms with Crippen LogP contribution in [0.2, 0.25) is 0 Å². The first-order valence-electron chi connectivity index (χ1n) is 16.2. The van der Waals surface area contributed by atoms with Gasteiger partial charge in [-0.25, -0.2) is 13.8 Å². The fourth-order valence-corrected chi connectivity index (χ4v) is 8.78. The Balaban J connectivity index is 1.24. The first-order chi connectivity index (χ1) is 21.9. The van der Waals surface area contributed by atoms with Gasteiger partial charge in [0.05, 0.1) is 11.6 Å². The molecule has 5 atom stereocenters. The van der Waals surface area contributed by atoms with Crippen LogP contribution in [0.5, 0.6) is 17.6 Å². The molecule has 7 heterocycles. The molecule has 0 saturated carbocycles. The Bertz CT molecular complexity index is 1860. The van der Waals surface area contributed by atoms with E-state index in [9.17, 15) is 9.50 Å². The number of anilines is 1. The van der Waals surface area contributed by atoms with Crippen LogP contribution in [0.3, 0.4) is 0 Å². The van der Waals surface area contributed by atoms with E-state index in [2.05, 4.69) is 20.1 Å². The number of halogens is 2. The molecule has 0 unspecified atom stereocenters. The summed E-state index contributed by atoms with van der Waals surface area (Å²) >= 11 is 0. The van der Waals surface area contributed by atoms with Crippen molar-refractivity contribution in [3.63, 3.8) is 0 Å².